The number of H-pyrrole nitrogens is 1. The normalized spacial score (nSPS) is 11.2. The Morgan fingerprint density at radius 2 is 2.06 bits per heavy atom. The van der Waals surface area contributed by atoms with Crippen molar-refractivity contribution >= 4 is 11.8 Å². The molecule has 0 fully saturated rings. The molecule has 18 heavy (non-hydrogen) atoms. The number of hydrogen-bond donors (Lipinski definition) is 2. The SMILES string of the molecule is Cc1cc(C(=O)N(C)CC(=O)NC(C)(C)C)n[nH]1. The average Bonchev–Trinajstić information content (AvgIpc) is 2.60. The maximum Gasteiger partial charge on any atom is 0.274 e. The highest BCUT2D eigenvalue weighted by Gasteiger charge is 2.19. The number of carbonyl (C=O) groups is 2. The maximum absolute atomic E-state index is 11.9. The summed E-state index contributed by atoms with van der Waals surface area (Å²) < 4.78 is 0. The molecule has 6 heteroatoms. The zero-order valence-electron chi connectivity index (χ0n) is 11.5. The summed E-state index contributed by atoms with van der Waals surface area (Å²) >= 11 is 0. The predicted octanol–water partition coefficient (Wildman–Crippen LogP) is 0.705. The summed E-state index contributed by atoms with van der Waals surface area (Å²) in [5.74, 6) is -0.464. The van der Waals surface area contributed by atoms with Crippen molar-refractivity contribution in [2.24, 2.45) is 0 Å². The van der Waals surface area contributed by atoms with Gasteiger partial charge in [0.05, 0.1) is 6.54 Å². The molecule has 0 aliphatic rings. The highest BCUT2D eigenvalue weighted by molar-refractivity contribution is 5.94. The summed E-state index contributed by atoms with van der Waals surface area (Å²) in [4.78, 5) is 24.9. The van der Waals surface area contributed by atoms with Gasteiger partial charge in [0.15, 0.2) is 0 Å². The lowest BCUT2D eigenvalue weighted by Crippen LogP contribution is -2.46. The molecule has 0 saturated heterocycles. The zero-order chi connectivity index (χ0) is 13.9. The molecule has 100 valence electrons. The van der Waals surface area contributed by atoms with Gasteiger partial charge in [-0.05, 0) is 33.8 Å². The second-order valence-electron chi connectivity index (χ2n) is 5.40. The molecule has 0 bridgehead atoms. The molecule has 0 aliphatic carbocycles. The fraction of sp³-hybridized carbons (Fsp3) is 0.583. The highest BCUT2D eigenvalue weighted by atomic mass is 16.2. The van der Waals surface area contributed by atoms with E-state index in [2.05, 4.69) is 15.5 Å². The number of nitrogens with zero attached hydrogens (tertiary/aromatic N) is 2. The number of amides is 2. The van der Waals surface area contributed by atoms with Gasteiger partial charge >= 0.3 is 0 Å². The Labute approximate surface area is 107 Å². The number of rotatable bonds is 3. The first kappa shape index (κ1) is 14.2. The minimum atomic E-state index is -0.302. The molecule has 0 unspecified atom stereocenters. The molecule has 1 heterocycles. The number of hydrogen-bond acceptors (Lipinski definition) is 3. The summed E-state index contributed by atoms with van der Waals surface area (Å²) in [6.07, 6.45) is 0. The van der Waals surface area contributed by atoms with Crippen molar-refractivity contribution in [3.63, 3.8) is 0 Å². The number of aromatic nitrogens is 2. The van der Waals surface area contributed by atoms with Crippen LogP contribution in [-0.2, 0) is 4.79 Å². The Kier molecular flexibility index (Phi) is 4.11. The smallest absolute Gasteiger partial charge is 0.274 e. The van der Waals surface area contributed by atoms with Crippen molar-refractivity contribution < 1.29 is 9.59 Å². The summed E-state index contributed by atoms with van der Waals surface area (Å²) in [6, 6.07) is 1.65. The van der Waals surface area contributed by atoms with Crippen LogP contribution in [0.3, 0.4) is 0 Å². The summed E-state index contributed by atoms with van der Waals surface area (Å²) in [7, 11) is 1.58. The van der Waals surface area contributed by atoms with Crippen molar-refractivity contribution in [2.75, 3.05) is 13.6 Å². The van der Waals surface area contributed by atoms with Gasteiger partial charge in [0.25, 0.3) is 5.91 Å². The van der Waals surface area contributed by atoms with Gasteiger partial charge in [-0.2, -0.15) is 5.10 Å². The van der Waals surface area contributed by atoms with Crippen molar-refractivity contribution in [1.29, 1.82) is 0 Å². The molecule has 0 aromatic carbocycles. The standard InChI is InChI=1S/C12H20N4O2/c1-8-6-9(15-14-8)11(18)16(5)7-10(17)13-12(2,3)4/h6H,7H2,1-5H3,(H,13,17)(H,14,15). The predicted molar refractivity (Wildman–Crippen MR) is 68.2 cm³/mol. The molecular weight excluding hydrogens is 232 g/mol. The van der Waals surface area contributed by atoms with E-state index in [1.807, 2.05) is 27.7 Å². The molecule has 2 amide bonds. The van der Waals surface area contributed by atoms with Gasteiger partial charge in [-0.3, -0.25) is 14.7 Å². The fourth-order valence-corrected chi connectivity index (χ4v) is 1.47. The Balaban J connectivity index is 2.58. The third-order valence-electron chi connectivity index (χ3n) is 2.17. The number of likely N-dealkylation sites (N-methyl/N-ethyl adjacent to an activating group) is 1. The molecule has 2 N–H and O–H groups in total. The van der Waals surface area contributed by atoms with E-state index in [9.17, 15) is 9.59 Å². The maximum atomic E-state index is 11.9. The van der Waals surface area contributed by atoms with E-state index in [4.69, 9.17) is 0 Å². The first-order valence-electron chi connectivity index (χ1n) is 5.77. The van der Waals surface area contributed by atoms with Crippen LogP contribution < -0.4 is 5.32 Å². The zero-order valence-corrected chi connectivity index (χ0v) is 11.5. The second kappa shape index (κ2) is 5.20. The molecule has 1 aromatic heterocycles. The summed E-state index contributed by atoms with van der Waals surface area (Å²) in [5.41, 5.74) is 0.827. The van der Waals surface area contributed by atoms with Gasteiger partial charge in [-0.15, -0.1) is 0 Å². The van der Waals surface area contributed by atoms with Crippen LogP contribution >= 0.6 is 0 Å². The van der Waals surface area contributed by atoms with Crippen molar-refractivity contribution in [2.45, 2.75) is 33.2 Å². The summed E-state index contributed by atoms with van der Waals surface area (Å²) in [6.45, 7) is 7.51. The molecule has 0 radical (unpaired) electrons. The van der Waals surface area contributed by atoms with Crippen LogP contribution in [0.1, 0.15) is 37.0 Å². The van der Waals surface area contributed by atoms with Gasteiger partial charge in [-0.1, -0.05) is 0 Å². The minimum absolute atomic E-state index is 0.0159. The third-order valence-corrected chi connectivity index (χ3v) is 2.17. The van der Waals surface area contributed by atoms with E-state index in [0.717, 1.165) is 5.69 Å². The van der Waals surface area contributed by atoms with Gasteiger partial charge in [-0.25, -0.2) is 0 Å². The van der Waals surface area contributed by atoms with E-state index >= 15 is 0 Å². The van der Waals surface area contributed by atoms with Crippen molar-refractivity contribution in [3.8, 4) is 0 Å². The Bertz CT molecular complexity index is 445. The summed E-state index contributed by atoms with van der Waals surface area (Å²) in [5, 5.41) is 9.37. The molecule has 1 aromatic rings. The molecule has 0 spiro atoms. The molecular formula is C12H20N4O2. The van der Waals surface area contributed by atoms with Crippen LogP contribution in [0.25, 0.3) is 0 Å². The van der Waals surface area contributed by atoms with Crippen LogP contribution in [0.2, 0.25) is 0 Å². The van der Waals surface area contributed by atoms with Gasteiger partial charge in [0, 0.05) is 18.3 Å². The molecule has 6 nitrogen and oxygen atoms in total. The highest BCUT2D eigenvalue weighted by Crippen LogP contribution is 2.03. The van der Waals surface area contributed by atoms with E-state index in [1.165, 1.54) is 4.90 Å². The fourth-order valence-electron chi connectivity index (χ4n) is 1.47. The van der Waals surface area contributed by atoms with Crippen molar-refractivity contribution in [3.05, 3.63) is 17.5 Å². The van der Waals surface area contributed by atoms with E-state index < -0.39 is 0 Å². The lowest BCUT2D eigenvalue weighted by atomic mass is 10.1. The topological polar surface area (TPSA) is 78.1 Å². The van der Waals surface area contributed by atoms with Crippen LogP contribution in [-0.4, -0.2) is 46.0 Å². The molecule has 0 aliphatic heterocycles. The minimum Gasteiger partial charge on any atom is -0.350 e. The monoisotopic (exact) mass is 252 g/mol. The quantitative estimate of drug-likeness (QED) is 0.831. The lowest BCUT2D eigenvalue weighted by molar-refractivity contribution is -0.122. The van der Waals surface area contributed by atoms with Crippen LogP contribution in [0.15, 0.2) is 6.07 Å². The number of carbonyl (C=O) groups excluding carboxylic acids is 2. The Morgan fingerprint density at radius 3 is 2.50 bits per heavy atom. The number of aryl methyl sites for hydroxylation is 1. The van der Waals surface area contributed by atoms with E-state index in [1.54, 1.807) is 13.1 Å². The largest absolute Gasteiger partial charge is 0.350 e. The number of aromatic amines is 1. The average molecular weight is 252 g/mol. The van der Waals surface area contributed by atoms with Gasteiger partial charge in [0.1, 0.15) is 5.69 Å². The molecule has 0 atom stereocenters. The first-order chi connectivity index (χ1) is 8.19. The first-order valence-corrected chi connectivity index (χ1v) is 5.77. The van der Waals surface area contributed by atoms with Crippen LogP contribution in [0, 0.1) is 6.92 Å². The van der Waals surface area contributed by atoms with Gasteiger partial charge in [0.2, 0.25) is 5.91 Å². The van der Waals surface area contributed by atoms with Gasteiger partial charge < -0.3 is 10.2 Å². The molecule has 0 saturated carbocycles. The van der Waals surface area contributed by atoms with Crippen molar-refractivity contribution in [1.82, 2.24) is 20.4 Å². The van der Waals surface area contributed by atoms with Crippen LogP contribution in [0.5, 0.6) is 0 Å². The van der Waals surface area contributed by atoms with E-state index in [-0.39, 0.29) is 23.9 Å². The Morgan fingerprint density at radius 1 is 1.44 bits per heavy atom. The lowest BCUT2D eigenvalue weighted by Gasteiger charge is -2.23. The molecule has 1 rings (SSSR count). The Hall–Kier alpha value is -1.85. The number of nitrogens with one attached hydrogen (secondary N) is 2. The van der Waals surface area contributed by atoms with Crippen LogP contribution in [0.4, 0.5) is 0 Å². The second-order valence-corrected chi connectivity index (χ2v) is 5.40. The van der Waals surface area contributed by atoms with E-state index in [0.29, 0.717) is 5.69 Å². The third kappa shape index (κ3) is 4.20.